The molecule has 0 aliphatic heterocycles. The van der Waals surface area contributed by atoms with Crippen LogP contribution in [-0.2, 0) is 4.74 Å². The number of rotatable bonds is 10. The Kier molecular flexibility index (Phi) is 7.81. The van der Waals surface area contributed by atoms with E-state index >= 15 is 0 Å². The van der Waals surface area contributed by atoms with E-state index in [0.29, 0.717) is 24.5 Å². The van der Waals surface area contributed by atoms with Gasteiger partial charge in [-0.25, -0.2) is 4.98 Å². The van der Waals surface area contributed by atoms with Gasteiger partial charge in [-0.2, -0.15) is 0 Å². The van der Waals surface area contributed by atoms with Crippen LogP contribution in [0.1, 0.15) is 16.8 Å². The van der Waals surface area contributed by atoms with Crippen LogP contribution in [-0.4, -0.2) is 61.2 Å². The number of aromatic nitrogens is 2. The van der Waals surface area contributed by atoms with E-state index in [2.05, 4.69) is 20.2 Å². The van der Waals surface area contributed by atoms with Gasteiger partial charge in [-0.05, 0) is 44.3 Å². The Bertz CT molecular complexity index is 652. The molecule has 0 unspecified atom stereocenters. The number of hydrogen-bond donors (Lipinski definition) is 1. The lowest BCUT2D eigenvalue weighted by molar-refractivity contribution is 0.0948. The molecule has 0 saturated heterocycles. The number of carbonyl (C=O) groups is 1. The van der Waals surface area contributed by atoms with Gasteiger partial charge in [-0.15, -0.1) is 0 Å². The molecule has 0 radical (unpaired) electrons. The van der Waals surface area contributed by atoms with Crippen LogP contribution in [0.2, 0.25) is 0 Å². The molecule has 0 saturated carbocycles. The molecule has 25 heavy (non-hydrogen) atoms. The Balaban J connectivity index is 1.85. The molecular formula is C18H24N4O3. The number of pyridine rings is 2. The minimum absolute atomic E-state index is 0.202. The monoisotopic (exact) mass is 344 g/mol. The smallest absolute Gasteiger partial charge is 0.256 e. The van der Waals surface area contributed by atoms with Crippen molar-refractivity contribution in [3.05, 3.63) is 48.4 Å². The highest BCUT2D eigenvalue weighted by molar-refractivity contribution is 5.96. The first-order valence-corrected chi connectivity index (χ1v) is 8.19. The molecule has 2 rings (SSSR count). The van der Waals surface area contributed by atoms with Crippen LogP contribution in [0.4, 0.5) is 0 Å². The van der Waals surface area contributed by atoms with Gasteiger partial charge in [0.1, 0.15) is 11.3 Å². The number of methoxy groups -OCH3 is 1. The first kappa shape index (κ1) is 18.8. The van der Waals surface area contributed by atoms with Gasteiger partial charge < -0.3 is 19.7 Å². The molecule has 134 valence electrons. The molecule has 0 aliphatic rings. The predicted molar refractivity (Wildman–Crippen MR) is 94.9 cm³/mol. The zero-order chi connectivity index (χ0) is 17.9. The number of likely N-dealkylation sites (N-methyl/N-ethyl adjacent to an activating group) is 1. The van der Waals surface area contributed by atoms with Crippen LogP contribution in [0.25, 0.3) is 0 Å². The lowest BCUT2D eigenvalue weighted by atomic mass is 10.2. The Morgan fingerprint density at radius 3 is 2.84 bits per heavy atom. The van der Waals surface area contributed by atoms with Gasteiger partial charge in [0, 0.05) is 32.6 Å². The SMILES string of the molecule is COCCN(C)CCCNC(=O)c1cccnc1Oc1cccnc1. The van der Waals surface area contributed by atoms with Crippen molar-refractivity contribution in [1.29, 1.82) is 0 Å². The summed E-state index contributed by atoms with van der Waals surface area (Å²) in [5.74, 6) is 0.603. The Labute approximate surface area is 148 Å². The largest absolute Gasteiger partial charge is 0.437 e. The summed E-state index contributed by atoms with van der Waals surface area (Å²) in [7, 11) is 3.72. The van der Waals surface area contributed by atoms with Gasteiger partial charge >= 0.3 is 0 Å². The average molecular weight is 344 g/mol. The van der Waals surface area contributed by atoms with Gasteiger partial charge in [0.25, 0.3) is 5.91 Å². The average Bonchev–Trinajstić information content (AvgIpc) is 2.64. The molecule has 2 aromatic rings. The van der Waals surface area contributed by atoms with Crippen molar-refractivity contribution in [3.8, 4) is 11.6 Å². The molecule has 0 fully saturated rings. The number of nitrogens with one attached hydrogen (secondary N) is 1. The van der Waals surface area contributed by atoms with Gasteiger partial charge in [-0.1, -0.05) is 0 Å². The third-order valence-corrected chi connectivity index (χ3v) is 3.54. The standard InChI is InChI=1S/C18H24N4O3/c1-22(12-13-24-2)11-5-10-20-17(23)16-7-4-9-21-18(16)25-15-6-3-8-19-14-15/h3-4,6-9,14H,5,10-13H2,1-2H3,(H,20,23). The second-order valence-electron chi connectivity index (χ2n) is 5.55. The first-order chi connectivity index (χ1) is 12.2. The van der Waals surface area contributed by atoms with E-state index in [1.807, 2.05) is 7.05 Å². The molecule has 2 aromatic heterocycles. The summed E-state index contributed by atoms with van der Waals surface area (Å²) in [5.41, 5.74) is 0.402. The molecule has 0 bridgehead atoms. The third-order valence-electron chi connectivity index (χ3n) is 3.54. The minimum atomic E-state index is -0.202. The second kappa shape index (κ2) is 10.4. The van der Waals surface area contributed by atoms with Crippen molar-refractivity contribution in [2.75, 3.05) is 40.4 Å². The van der Waals surface area contributed by atoms with E-state index in [9.17, 15) is 4.79 Å². The molecule has 1 N–H and O–H groups in total. The summed E-state index contributed by atoms with van der Waals surface area (Å²) in [6, 6.07) is 6.93. The van der Waals surface area contributed by atoms with Crippen LogP contribution < -0.4 is 10.1 Å². The number of carbonyl (C=O) groups excluding carboxylic acids is 1. The maximum Gasteiger partial charge on any atom is 0.256 e. The topological polar surface area (TPSA) is 76.6 Å². The van der Waals surface area contributed by atoms with E-state index < -0.39 is 0 Å². The maximum atomic E-state index is 12.4. The Morgan fingerprint density at radius 2 is 2.08 bits per heavy atom. The summed E-state index contributed by atoms with van der Waals surface area (Å²) in [4.78, 5) is 22.7. The molecule has 0 atom stereocenters. The van der Waals surface area contributed by atoms with Crippen molar-refractivity contribution >= 4 is 5.91 Å². The maximum absolute atomic E-state index is 12.4. The normalized spacial score (nSPS) is 10.7. The fourth-order valence-corrected chi connectivity index (χ4v) is 2.17. The van der Waals surface area contributed by atoms with Crippen molar-refractivity contribution in [1.82, 2.24) is 20.2 Å². The van der Waals surface area contributed by atoms with E-state index in [0.717, 1.165) is 19.5 Å². The molecule has 1 amide bonds. The summed E-state index contributed by atoms with van der Waals surface area (Å²) in [6.07, 6.45) is 5.67. The molecule has 2 heterocycles. The number of hydrogen-bond acceptors (Lipinski definition) is 6. The number of nitrogens with zero attached hydrogens (tertiary/aromatic N) is 3. The molecule has 0 aromatic carbocycles. The fraction of sp³-hybridized carbons (Fsp3) is 0.389. The molecule has 0 aliphatic carbocycles. The van der Waals surface area contributed by atoms with Gasteiger partial charge in [0.2, 0.25) is 5.88 Å². The third kappa shape index (κ3) is 6.48. The van der Waals surface area contributed by atoms with Gasteiger partial charge in [-0.3, -0.25) is 9.78 Å². The van der Waals surface area contributed by atoms with Crippen LogP contribution in [0.5, 0.6) is 11.6 Å². The molecule has 7 heteroatoms. The van der Waals surface area contributed by atoms with Crippen molar-refractivity contribution < 1.29 is 14.3 Å². The summed E-state index contributed by atoms with van der Waals surface area (Å²) >= 11 is 0. The fourth-order valence-electron chi connectivity index (χ4n) is 2.17. The summed E-state index contributed by atoms with van der Waals surface area (Å²) in [5, 5.41) is 2.90. The number of amides is 1. The summed E-state index contributed by atoms with van der Waals surface area (Å²) < 4.78 is 10.7. The van der Waals surface area contributed by atoms with Crippen LogP contribution in [0.15, 0.2) is 42.9 Å². The lowest BCUT2D eigenvalue weighted by Crippen LogP contribution is -2.29. The van der Waals surface area contributed by atoms with Crippen LogP contribution >= 0.6 is 0 Å². The van der Waals surface area contributed by atoms with Crippen molar-refractivity contribution in [2.24, 2.45) is 0 Å². The van der Waals surface area contributed by atoms with E-state index in [1.165, 1.54) is 0 Å². The highest BCUT2D eigenvalue weighted by Gasteiger charge is 2.14. The van der Waals surface area contributed by atoms with Gasteiger partial charge in [0.05, 0.1) is 12.8 Å². The predicted octanol–water partition coefficient (Wildman–Crippen LogP) is 1.97. The molecule has 7 nitrogen and oxygen atoms in total. The number of ether oxygens (including phenoxy) is 2. The minimum Gasteiger partial charge on any atom is -0.437 e. The van der Waals surface area contributed by atoms with Gasteiger partial charge in [0.15, 0.2) is 0 Å². The Morgan fingerprint density at radius 1 is 1.24 bits per heavy atom. The van der Waals surface area contributed by atoms with Crippen LogP contribution in [0.3, 0.4) is 0 Å². The Hall–Kier alpha value is -2.51. The molecular weight excluding hydrogens is 320 g/mol. The zero-order valence-electron chi connectivity index (χ0n) is 14.6. The van der Waals surface area contributed by atoms with E-state index in [1.54, 1.807) is 50.0 Å². The highest BCUT2D eigenvalue weighted by Crippen LogP contribution is 2.21. The summed E-state index contributed by atoms with van der Waals surface area (Å²) in [6.45, 7) is 3.04. The van der Waals surface area contributed by atoms with E-state index in [4.69, 9.17) is 9.47 Å². The van der Waals surface area contributed by atoms with Crippen molar-refractivity contribution in [3.63, 3.8) is 0 Å². The second-order valence-corrected chi connectivity index (χ2v) is 5.55. The quantitative estimate of drug-likeness (QED) is 0.664. The van der Waals surface area contributed by atoms with E-state index in [-0.39, 0.29) is 11.8 Å². The van der Waals surface area contributed by atoms with Crippen molar-refractivity contribution in [2.45, 2.75) is 6.42 Å². The zero-order valence-corrected chi connectivity index (χ0v) is 14.6. The molecule has 0 spiro atoms. The highest BCUT2D eigenvalue weighted by atomic mass is 16.5. The lowest BCUT2D eigenvalue weighted by Gasteiger charge is -2.16. The van der Waals surface area contributed by atoms with Crippen LogP contribution in [0, 0.1) is 0 Å². The first-order valence-electron chi connectivity index (χ1n) is 8.19.